The van der Waals surface area contributed by atoms with Crippen LogP contribution < -0.4 is 5.73 Å². The summed E-state index contributed by atoms with van der Waals surface area (Å²) in [5.74, 6) is -0.0153. The quantitative estimate of drug-likeness (QED) is 0.776. The maximum atomic E-state index is 12.4. The maximum absolute atomic E-state index is 12.4. The molecule has 1 rings (SSSR count). The number of hydrogen-bond acceptors (Lipinski definition) is 3. The Morgan fingerprint density at radius 2 is 1.94 bits per heavy atom. The molecule has 1 atom stereocenters. The van der Waals surface area contributed by atoms with Crippen LogP contribution in [0.3, 0.4) is 0 Å². The van der Waals surface area contributed by atoms with Crippen molar-refractivity contribution in [1.29, 1.82) is 0 Å². The summed E-state index contributed by atoms with van der Waals surface area (Å²) in [6.07, 6.45) is 4.43. The molecule has 3 N–H and O–H groups in total. The fourth-order valence-corrected chi connectivity index (χ4v) is 2.35. The van der Waals surface area contributed by atoms with Gasteiger partial charge in [-0.2, -0.15) is 0 Å². The number of amides is 1. The van der Waals surface area contributed by atoms with E-state index in [2.05, 4.69) is 0 Å². The summed E-state index contributed by atoms with van der Waals surface area (Å²) in [7, 11) is 0. The average molecular weight is 242 g/mol. The van der Waals surface area contributed by atoms with Gasteiger partial charge in [0.05, 0.1) is 12.6 Å². The van der Waals surface area contributed by atoms with Gasteiger partial charge in [-0.05, 0) is 18.3 Å². The Balaban J connectivity index is 2.72. The molecule has 0 aromatic rings. The zero-order valence-corrected chi connectivity index (χ0v) is 11.3. The van der Waals surface area contributed by atoms with Crippen molar-refractivity contribution in [1.82, 2.24) is 4.90 Å². The van der Waals surface area contributed by atoms with Gasteiger partial charge in [-0.25, -0.2) is 0 Å². The average Bonchev–Trinajstić information content (AvgIpc) is 2.75. The van der Waals surface area contributed by atoms with Gasteiger partial charge in [0, 0.05) is 12.6 Å². The number of hydrogen-bond donors (Lipinski definition) is 2. The summed E-state index contributed by atoms with van der Waals surface area (Å²) in [6.45, 7) is 6.34. The number of carbonyl (C=O) groups is 1. The largest absolute Gasteiger partial charge is 0.395 e. The van der Waals surface area contributed by atoms with Gasteiger partial charge < -0.3 is 15.7 Å². The summed E-state index contributed by atoms with van der Waals surface area (Å²) in [6, 6.07) is -0.210. The lowest BCUT2D eigenvalue weighted by molar-refractivity contribution is -0.137. The van der Waals surface area contributed by atoms with Crippen molar-refractivity contribution >= 4 is 5.91 Å². The standard InChI is InChI=1S/C13H26N2O2/c1-13(2,3)11(14)12(17)15(8-9-16)10-6-4-5-7-10/h10-11,16H,4-9,14H2,1-3H3. The summed E-state index contributed by atoms with van der Waals surface area (Å²) in [4.78, 5) is 14.2. The molecule has 0 radical (unpaired) electrons. The number of aliphatic hydroxyl groups excluding tert-OH is 1. The van der Waals surface area contributed by atoms with Crippen LogP contribution in [0.25, 0.3) is 0 Å². The maximum Gasteiger partial charge on any atom is 0.240 e. The van der Waals surface area contributed by atoms with Crippen LogP contribution >= 0.6 is 0 Å². The first kappa shape index (κ1) is 14.5. The molecular formula is C13H26N2O2. The van der Waals surface area contributed by atoms with E-state index in [-0.39, 0.29) is 24.0 Å². The van der Waals surface area contributed by atoms with Crippen molar-refractivity contribution in [2.24, 2.45) is 11.1 Å². The molecule has 100 valence electrons. The Hall–Kier alpha value is -0.610. The van der Waals surface area contributed by atoms with Crippen molar-refractivity contribution in [3.8, 4) is 0 Å². The number of nitrogens with two attached hydrogens (primary N) is 1. The van der Waals surface area contributed by atoms with E-state index in [0.717, 1.165) is 12.8 Å². The molecule has 0 aromatic carbocycles. The van der Waals surface area contributed by atoms with E-state index >= 15 is 0 Å². The van der Waals surface area contributed by atoms with Crippen LogP contribution in [0.1, 0.15) is 46.5 Å². The van der Waals surface area contributed by atoms with Crippen molar-refractivity contribution in [2.45, 2.75) is 58.5 Å². The highest BCUT2D eigenvalue weighted by Crippen LogP contribution is 2.26. The van der Waals surface area contributed by atoms with Gasteiger partial charge in [0.25, 0.3) is 0 Å². The predicted molar refractivity (Wildman–Crippen MR) is 68.5 cm³/mol. The van der Waals surface area contributed by atoms with E-state index in [1.54, 1.807) is 4.90 Å². The van der Waals surface area contributed by atoms with E-state index in [9.17, 15) is 4.79 Å². The van der Waals surface area contributed by atoms with Crippen LogP contribution in [0, 0.1) is 5.41 Å². The lowest BCUT2D eigenvalue weighted by Gasteiger charge is -2.35. The molecule has 0 heterocycles. The van der Waals surface area contributed by atoms with Gasteiger partial charge in [-0.1, -0.05) is 33.6 Å². The van der Waals surface area contributed by atoms with Gasteiger partial charge in [-0.3, -0.25) is 4.79 Å². The third kappa shape index (κ3) is 3.68. The molecule has 0 saturated heterocycles. The minimum Gasteiger partial charge on any atom is -0.395 e. The van der Waals surface area contributed by atoms with E-state index in [1.807, 2.05) is 20.8 Å². The molecule has 0 bridgehead atoms. The minimum atomic E-state index is -0.491. The second kappa shape index (κ2) is 5.83. The van der Waals surface area contributed by atoms with E-state index in [4.69, 9.17) is 10.8 Å². The summed E-state index contributed by atoms with van der Waals surface area (Å²) >= 11 is 0. The Morgan fingerprint density at radius 3 is 2.35 bits per heavy atom. The second-order valence-corrected chi connectivity index (χ2v) is 6.04. The number of carbonyl (C=O) groups excluding carboxylic acids is 1. The minimum absolute atomic E-state index is 0.0130. The number of aliphatic hydroxyl groups is 1. The van der Waals surface area contributed by atoms with Crippen molar-refractivity contribution in [3.05, 3.63) is 0 Å². The highest BCUT2D eigenvalue weighted by molar-refractivity contribution is 5.82. The van der Waals surface area contributed by atoms with Crippen LogP contribution in [0.15, 0.2) is 0 Å². The summed E-state index contributed by atoms with van der Waals surface area (Å²) in [5.41, 5.74) is 5.79. The zero-order chi connectivity index (χ0) is 13.1. The molecule has 4 nitrogen and oxygen atoms in total. The van der Waals surface area contributed by atoms with Crippen molar-refractivity contribution < 1.29 is 9.90 Å². The Kier molecular flexibility index (Phi) is 4.95. The topological polar surface area (TPSA) is 66.6 Å². The first-order chi connectivity index (χ1) is 7.88. The first-order valence-corrected chi connectivity index (χ1v) is 6.55. The molecule has 17 heavy (non-hydrogen) atoms. The molecule has 1 aliphatic rings. The lowest BCUT2D eigenvalue weighted by atomic mass is 9.86. The molecule has 1 saturated carbocycles. The van der Waals surface area contributed by atoms with Crippen LogP contribution in [0.5, 0.6) is 0 Å². The molecule has 1 amide bonds. The molecule has 0 spiro atoms. The van der Waals surface area contributed by atoms with Crippen LogP contribution in [-0.2, 0) is 4.79 Å². The smallest absolute Gasteiger partial charge is 0.240 e. The number of nitrogens with zero attached hydrogens (tertiary/aromatic N) is 1. The van der Waals surface area contributed by atoms with E-state index < -0.39 is 6.04 Å². The number of rotatable bonds is 4. The van der Waals surface area contributed by atoms with E-state index in [1.165, 1.54) is 12.8 Å². The Bertz CT molecular complexity index is 255. The van der Waals surface area contributed by atoms with Crippen LogP contribution in [0.4, 0.5) is 0 Å². The lowest BCUT2D eigenvalue weighted by Crippen LogP contribution is -2.53. The molecule has 4 heteroatoms. The SMILES string of the molecule is CC(C)(C)C(N)C(=O)N(CCO)C1CCCC1. The summed E-state index contributed by atoms with van der Waals surface area (Å²) in [5, 5.41) is 9.10. The Morgan fingerprint density at radius 1 is 1.41 bits per heavy atom. The highest BCUT2D eigenvalue weighted by atomic mass is 16.3. The van der Waals surface area contributed by atoms with Gasteiger partial charge in [-0.15, -0.1) is 0 Å². The molecule has 1 fully saturated rings. The molecule has 1 aliphatic carbocycles. The molecule has 1 unspecified atom stereocenters. The van der Waals surface area contributed by atoms with Gasteiger partial charge in [0.1, 0.15) is 0 Å². The molecule has 0 aliphatic heterocycles. The highest BCUT2D eigenvalue weighted by Gasteiger charge is 2.34. The normalized spacial score (nSPS) is 19.4. The van der Waals surface area contributed by atoms with Crippen molar-refractivity contribution in [2.75, 3.05) is 13.2 Å². The van der Waals surface area contributed by atoms with Gasteiger partial charge >= 0.3 is 0 Å². The molecular weight excluding hydrogens is 216 g/mol. The van der Waals surface area contributed by atoms with Gasteiger partial charge in [0.15, 0.2) is 0 Å². The fraction of sp³-hybridized carbons (Fsp3) is 0.923. The van der Waals surface area contributed by atoms with Crippen LogP contribution in [0.2, 0.25) is 0 Å². The third-order valence-corrected chi connectivity index (χ3v) is 3.59. The van der Waals surface area contributed by atoms with Crippen molar-refractivity contribution in [3.63, 3.8) is 0 Å². The first-order valence-electron chi connectivity index (χ1n) is 6.55. The second-order valence-electron chi connectivity index (χ2n) is 6.04. The van der Waals surface area contributed by atoms with Crippen LogP contribution in [-0.4, -0.2) is 41.1 Å². The van der Waals surface area contributed by atoms with E-state index in [0.29, 0.717) is 6.54 Å². The summed E-state index contributed by atoms with van der Waals surface area (Å²) < 4.78 is 0. The fourth-order valence-electron chi connectivity index (χ4n) is 2.35. The Labute approximate surface area is 104 Å². The zero-order valence-electron chi connectivity index (χ0n) is 11.3. The molecule has 0 aromatic heterocycles. The predicted octanol–water partition coefficient (Wildman–Crippen LogP) is 1.12. The monoisotopic (exact) mass is 242 g/mol. The third-order valence-electron chi connectivity index (χ3n) is 3.59. The van der Waals surface area contributed by atoms with Gasteiger partial charge in [0.2, 0.25) is 5.91 Å².